The second-order valence-electron chi connectivity index (χ2n) is 6.43. The van der Waals surface area contributed by atoms with Crippen molar-refractivity contribution in [1.29, 1.82) is 0 Å². The fraction of sp³-hybridized carbons (Fsp3) is 0.0952. The Hall–Kier alpha value is -3.34. The van der Waals surface area contributed by atoms with E-state index in [1.807, 2.05) is 24.3 Å². The van der Waals surface area contributed by atoms with Crippen molar-refractivity contribution in [2.45, 2.75) is 6.92 Å². The van der Waals surface area contributed by atoms with Gasteiger partial charge >= 0.3 is 5.97 Å². The van der Waals surface area contributed by atoms with Crippen molar-refractivity contribution in [2.24, 2.45) is 5.10 Å². The smallest absolute Gasteiger partial charge is 0.355 e. The lowest BCUT2D eigenvalue weighted by molar-refractivity contribution is 0.0734. The molecule has 0 fully saturated rings. The third kappa shape index (κ3) is 4.47. The van der Waals surface area contributed by atoms with Gasteiger partial charge in [0, 0.05) is 10.1 Å². The van der Waals surface area contributed by atoms with E-state index in [1.54, 1.807) is 25.1 Å². The number of thiophene rings is 1. The number of esters is 1. The average molecular weight is 487 g/mol. The monoisotopic (exact) mass is 486 g/mol. The van der Waals surface area contributed by atoms with Gasteiger partial charge in [-0.05, 0) is 48.3 Å². The number of hydrogen-bond donors (Lipinski definition) is 1. The molecule has 32 heavy (non-hydrogen) atoms. The average Bonchev–Trinajstić information content (AvgIpc) is 3.38. The number of carbonyl (C=O) groups excluding carboxylic acids is 2. The summed E-state index contributed by atoms with van der Waals surface area (Å²) < 4.78 is 15.5. The van der Waals surface area contributed by atoms with Crippen LogP contribution in [0.4, 0.5) is 0 Å². The Morgan fingerprint density at radius 3 is 2.69 bits per heavy atom. The highest BCUT2D eigenvalue weighted by Gasteiger charge is 2.20. The van der Waals surface area contributed by atoms with Gasteiger partial charge in [-0.25, -0.2) is 10.2 Å². The third-order valence-corrected chi connectivity index (χ3v) is 6.83. The van der Waals surface area contributed by atoms with E-state index in [2.05, 4.69) is 20.1 Å². The topological polar surface area (TPSA) is 103 Å². The Bertz CT molecular complexity index is 1350. The number of aromatic nitrogens is 2. The number of rotatable bonds is 6. The molecule has 2 aromatic carbocycles. The highest BCUT2D eigenvalue weighted by atomic mass is 35.5. The normalized spacial score (nSPS) is 11.1. The first-order chi connectivity index (χ1) is 15.5. The zero-order valence-electron chi connectivity index (χ0n) is 16.8. The first kappa shape index (κ1) is 21.9. The molecule has 0 aliphatic rings. The standard InChI is InChI=1S/C21H15ClN4O4S2/c1-11-18(32-26-24-11)20(27)25-23-10-12-7-8-14(15(9-12)29-2)30-21(28)19-17(22)13-5-3-4-6-16(13)31-19/h3-10H,1-2H3,(H,25,27). The Labute approximate surface area is 195 Å². The van der Waals surface area contributed by atoms with Crippen molar-refractivity contribution in [3.63, 3.8) is 0 Å². The van der Waals surface area contributed by atoms with Crippen LogP contribution < -0.4 is 14.9 Å². The summed E-state index contributed by atoms with van der Waals surface area (Å²) >= 11 is 8.62. The van der Waals surface area contributed by atoms with Gasteiger partial charge in [0.2, 0.25) is 0 Å². The van der Waals surface area contributed by atoms with E-state index in [0.29, 0.717) is 31.8 Å². The Balaban J connectivity index is 1.48. The Morgan fingerprint density at radius 1 is 1.16 bits per heavy atom. The molecule has 0 atom stereocenters. The quantitative estimate of drug-likeness (QED) is 0.183. The van der Waals surface area contributed by atoms with Gasteiger partial charge < -0.3 is 9.47 Å². The molecule has 11 heteroatoms. The van der Waals surface area contributed by atoms with E-state index in [0.717, 1.165) is 21.6 Å². The first-order valence-corrected chi connectivity index (χ1v) is 11.1. The number of benzene rings is 2. The maximum atomic E-state index is 12.7. The molecule has 1 N–H and O–H groups in total. The molecule has 0 unspecified atom stereocenters. The molecule has 0 radical (unpaired) electrons. The minimum atomic E-state index is -0.572. The molecule has 0 saturated heterocycles. The summed E-state index contributed by atoms with van der Waals surface area (Å²) in [7, 11) is 1.46. The number of hydrogen-bond acceptors (Lipinski definition) is 9. The molecule has 1 amide bonds. The lowest BCUT2D eigenvalue weighted by atomic mass is 10.2. The molecule has 0 saturated carbocycles. The van der Waals surface area contributed by atoms with Crippen molar-refractivity contribution in [3.8, 4) is 11.5 Å². The van der Waals surface area contributed by atoms with E-state index in [1.165, 1.54) is 24.7 Å². The first-order valence-electron chi connectivity index (χ1n) is 9.17. The van der Waals surface area contributed by atoms with Gasteiger partial charge in [0.05, 0.1) is 24.0 Å². The van der Waals surface area contributed by atoms with Crippen LogP contribution in [0.25, 0.3) is 10.1 Å². The molecular formula is C21H15ClN4O4S2. The summed E-state index contributed by atoms with van der Waals surface area (Å²) in [5.74, 6) is -0.407. The number of ether oxygens (including phenoxy) is 2. The molecule has 8 nitrogen and oxygen atoms in total. The SMILES string of the molecule is COc1cc(C=NNC(=O)c2snnc2C)ccc1OC(=O)c1sc2ccccc2c1Cl. The largest absolute Gasteiger partial charge is 0.493 e. The van der Waals surface area contributed by atoms with Crippen molar-refractivity contribution >= 4 is 62.6 Å². The van der Waals surface area contributed by atoms with Crippen LogP contribution in [-0.4, -0.2) is 34.8 Å². The van der Waals surface area contributed by atoms with Crippen molar-refractivity contribution in [2.75, 3.05) is 7.11 Å². The van der Waals surface area contributed by atoms with Gasteiger partial charge in [-0.3, -0.25) is 4.79 Å². The van der Waals surface area contributed by atoms with Gasteiger partial charge in [0.1, 0.15) is 9.75 Å². The Kier molecular flexibility index (Phi) is 6.45. The lowest BCUT2D eigenvalue weighted by Crippen LogP contribution is -2.17. The molecular weight excluding hydrogens is 472 g/mol. The highest BCUT2D eigenvalue weighted by Crippen LogP contribution is 2.37. The number of amides is 1. The summed E-state index contributed by atoms with van der Waals surface area (Å²) in [5, 5.41) is 8.89. The van der Waals surface area contributed by atoms with E-state index < -0.39 is 11.9 Å². The second kappa shape index (κ2) is 9.43. The Morgan fingerprint density at radius 2 is 1.97 bits per heavy atom. The summed E-state index contributed by atoms with van der Waals surface area (Å²) in [6.45, 7) is 1.69. The maximum Gasteiger partial charge on any atom is 0.355 e. The fourth-order valence-electron chi connectivity index (χ4n) is 2.80. The number of fused-ring (bicyclic) bond motifs is 1. The third-order valence-electron chi connectivity index (χ3n) is 4.35. The molecule has 162 valence electrons. The van der Waals surface area contributed by atoms with E-state index in [4.69, 9.17) is 21.1 Å². The van der Waals surface area contributed by atoms with Gasteiger partial charge in [-0.2, -0.15) is 5.10 Å². The van der Waals surface area contributed by atoms with Crippen LogP contribution in [0, 0.1) is 6.92 Å². The van der Waals surface area contributed by atoms with Crippen molar-refractivity contribution < 1.29 is 19.1 Å². The number of nitrogens with zero attached hydrogens (tertiary/aromatic N) is 3. The van der Waals surface area contributed by atoms with E-state index in [9.17, 15) is 9.59 Å². The summed E-state index contributed by atoms with van der Waals surface area (Å²) in [6, 6.07) is 12.4. The zero-order chi connectivity index (χ0) is 22.7. The molecule has 2 aromatic heterocycles. The van der Waals surface area contributed by atoms with E-state index in [-0.39, 0.29) is 5.75 Å². The molecule has 4 rings (SSSR count). The van der Waals surface area contributed by atoms with Gasteiger partial charge in [0.15, 0.2) is 11.5 Å². The summed E-state index contributed by atoms with van der Waals surface area (Å²) in [6.07, 6.45) is 1.44. The number of hydrazone groups is 1. The number of carbonyl (C=O) groups is 2. The number of methoxy groups -OCH3 is 1. The zero-order valence-corrected chi connectivity index (χ0v) is 19.2. The summed E-state index contributed by atoms with van der Waals surface area (Å²) in [5.41, 5.74) is 3.58. The minimum absolute atomic E-state index is 0.235. The molecule has 0 bridgehead atoms. The van der Waals surface area contributed by atoms with Gasteiger partial charge in [-0.15, -0.1) is 16.4 Å². The maximum absolute atomic E-state index is 12.7. The number of nitrogens with one attached hydrogen (secondary N) is 1. The molecule has 0 aliphatic heterocycles. The number of halogens is 1. The highest BCUT2D eigenvalue weighted by molar-refractivity contribution is 7.21. The van der Waals surface area contributed by atoms with Gasteiger partial charge in [-0.1, -0.05) is 34.3 Å². The molecule has 0 spiro atoms. The fourth-order valence-corrected chi connectivity index (χ4v) is 4.73. The minimum Gasteiger partial charge on any atom is -0.493 e. The number of aryl methyl sites for hydroxylation is 1. The van der Waals surface area contributed by atoms with E-state index >= 15 is 0 Å². The van der Waals surface area contributed by atoms with Crippen LogP contribution >= 0.6 is 34.5 Å². The van der Waals surface area contributed by atoms with Crippen LogP contribution in [-0.2, 0) is 0 Å². The van der Waals surface area contributed by atoms with Crippen molar-refractivity contribution in [3.05, 3.63) is 68.5 Å². The molecule has 2 heterocycles. The predicted octanol–water partition coefficient (Wildman–Crippen LogP) is 4.71. The molecule has 0 aliphatic carbocycles. The van der Waals surface area contributed by atoms with Crippen LogP contribution in [0.3, 0.4) is 0 Å². The van der Waals surface area contributed by atoms with Crippen LogP contribution in [0.5, 0.6) is 11.5 Å². The second-order valence-corrected chi connectivity index (χ2v) is 8.61. The van der Waals surface area contributed by atoms with Crippen LogP contribution in [0.2, 0.25) is 5.02 Å². The van der Waals surface area contributed by atoms with Gasteiger partial charge in [0.25, 0.3) is 5.91 Å². The lowest BCUT2D eigenvalue weighted by Gasteiger charge is -2.09. The summed E-state index contributed by atoms with van der Waals surface area (Å²) in [4.78, 5) is 25.5. The molecule has 4 aromatic rings. The van der Waals surface area contributed by atoms with Crippen LogP contribution in [0.1, 0.15) is 30.6 Å². The van der Waals surface area contributed by atoms with Crippen molar-refractivity contribution in [1.82, 2.24) is 15.0 Å². The predicted molar refractivity (Wildman–Crippen MR) is 124 cm³/mol. The van der Waals surface area contributed by atoms with Crippen LogP contribution in [0.15, 0.2) is 47.6 Å².